The Morgan fingerprint density at radius 1 is 1.09 bits per heavy atom. The summed E-state index contributed by atoms with van der Waals surface area (Å²) in [6.07, 6.45) is 19.2. The fraction of sp³-hybridized carbons (Fsp3) is 0.839. The highest BCUT2D eigenvalue weighted by Crippen LogP contribution is 2.67. The monoisotopic (exact) mass is 454 g/mol. The van der Waals surface area contributed by atoms with E-state index in [0.717, 1.165) is 48.3 Å². The Bertz CT molecular complexity index is 778. The molecule has 0 saturated heterocycles. The minimum absolute atomic E-state index is 0.105. The van der Waals surface area contributed by atoms with Crippen LogP contribution < -0.4 is 0 Å². The Kier molecular flexibility index (Phi) is 7.24. The molecule has 2 heteroatoms. The third kappa shape index (κ3) is 4.50. The third-order valence-electron chi connectivity index (χ3n) is 11.1. The lowest BCUT2D eigenvalue weighted by Crippen LogP contribution is -2.51. The molecular formula is C31H50O2. The molecule has 0 radical (unpaired) electrons. The molecule has 4 aliphatic rings. The Balaban J connectivity index is 1.49. The van der Waals surface area contributed by atoms with Gasteiger partial charge in [0, 0.05) is 13.3 Å². The van der Waals surface area contributed by atoms with Gasteiger partial charge in [-0.05, 0) is 104 Å². The van der Waals surface area contributed by atoms with Gasteiger partial charge in [0.05, 0.1) is 0 Å². The van der Waals surface area contributed by atoms with Crippen molar-refractivity contribution in [3.63, 3.8) is 0 Å². The van der Waals surface area contributed by atoms with Gasteiger partial charge in [0.15, 0.2) is 0 Å². The fourth-order valence-electron chi connectivity index (χ4n) is 9.15. The Hall–Kier alpha value is -1.05. The summed E-state index contributed by atoms with van der Waals surface area (Å²) in [7, 11) is 0. The average Bonchev–Trinajstić information content (AvgIpc) is 3.11. The lowest BCUT2D eigenvalue weighted by atomic mass is 9.47. The predicted molar refractivity (Wildman–Crippen MR) is 138 cm³/mol. The van der Waals surface area contributed by atoms with Crippen molar-refractivity contribution in [2.75, 3.05) is 0 Å². The van der Waals surface area contributed by atoms with Crippen LogP contribution in [0.4, 0.5) is 0 Å². The smallest absolute Gasteiger partial charge is 0.302 e. The van der Waals surface area contributed by atoms with Crippen LogP contribution in [0.25, 0.3) is 0 Å². The van der Waals surface area contributed by atoms with Gasteiger partial charge >= 0.3 is 5.97 Å². The number of carbonyl (C=O) groups excluding carboxylic acids is 1. The van der Waals surface area contributed by atoms with Crippen molar-refractivity contribution in [3.05, 3.63) is 23.8 Å². The summed E-state index contributed by atoms with van der Waals surface area (Å²) in [6, 6.07) is 0. The van der Waals surface area contributed by atoms with E-state index in [-0.39, 0.29) is 12.1 Å². The van der Waals surface area contributed by atoms with Crippen LogP contribution in [-0.4, -0.2) is 12.1 Å². The summed E-state index contributed by atoms with van der Waals surface area (Å²) < 4.78 is 5.62. The van der Waals surface area contributed by atoms with Crippen LogP contribution >= 0.6 is 0 Å². The molecule has 0 amide bonds. The maximum atomic E-state index is 11.5. The zero-order valence-corrected chi connectivity index (χ0v) is 22.5. The second kappa shape index (κ2) is 9.54. The number of esters is 1. The molecule has 3 saturated carbocycles. The highest BCUT2D eigenvalue weighted by molar-refractivity contribution is 5.66. The first-order valence-electron chi connectivity index (χ1n) is 14.1. The van der Waals surface area contributed by atoms with E-state index in [9.17, 15) is 4.79 Å². The molecule has 0 bridgehead atoms. The van der Waals surface area contributed by atoms with Gasteiger partial charge in [-0.1, -0.05) is 65.3 Å². The zero-order chi connectivity index (χ0) is 24.0. The Labute approximate surface area is 204 Å². The minimum atomic E-state index is -0.120. The summed E-state index contributed by atoms with van der Waals surface area (Å²) in [5, 5.41) is 0. The van der Waals surface area contributed by atoms with Gasteiger partial charge in [0.1, 0.15) is 6.10 Å². The highest BCUT2D eigenvalue weighted by atomic mass is 16.5. The average molecular weight is 455 g/mol. The molecule has 9 atom stereocenters. The first-order valence-corrected chi connectivity index (χ1v) is 14.1. The second-order valence-electron chi connectivity index (χ2n) is 13.0. The number of carbonyl (C=O) groups is 1. The Morgan fingerprint density at radius 3 is 2.52 bits per heavy atom. The number of allylic oxidation sites excluding steroid dienone is 3. The number of hydrogen-bond donors (Lipinski definition) is 0. The molecule has 0 heterocycles. The molecular weight excluding hydrogens is 404 g/mol. The minimum Gasteiger partial charge on any atom is -0.462 e. The van der Waals surface area contributed by atoms with E-state index in [0.29, 0.717) is 16.7 Å². The molecule has 0 N–H and O–H groups in total. The summed E-state index contributed by atoms with van der Waals surface area (Å²) in [5.41, 5.74) is 2.44. The van der Waals surface area contributed by atoms with Crippen molar-refractivity contribution in [1.29, 1.82) is 0 Å². The van der Waals surface area contributed by atoms with Gasteiger partial charge in [0.25, 0.3) is 0 Å². The Morgan fingerprint density at radius 2 is 1.85 bits per heavy atom. The topological polar surface area (TPSA) is 26.3 Å². The van der Waals surface area contributed by atoms with Gasteiger partial charge in [0.2, 0.25) is 0 Å². The molecule has 0 unspecified atom stereocenters. The van der Waals surface area contributed by atoms with Crippen molar-refractivity contribution in [1.82, 2.24) is 0 Å². The SMILES string of the molecule is CC[C@@H](/C=C/[C@@H](C)[C@H]1CC[C@H]2[C@H]3CC=C4C[C@@H](OC(C)=O)CC[C@]4(C)[C@H]3CC[C@]12C)C(C)C. The normalized spacial score (nSPS) is 42.3. The van der Waals surface area contributed by atoms with E-state index < -0.39 is 0 Å². The maximum absolute atomic E-state index is 11.5. The molecule has 33 heavy (non-hydrogen) atoms. The molecule has 4 rings (SSSR count). The summed E-state index contributed by atoms with van der Waals surface area (Å²) in [6.45, 7) is 16.3. The van der Waals surface area contributed by atoms with E-state index in [4.69, 9.17) is 4.74 Å². The molecule has 0 aliphatic heterocycles. The maximum Gasteiger partial charge on any atom is 0.302 e. The van der Waals surface area contributed by atoms with Gasteiger partial charge in [-0.25, -0.2) is 0 Å². The quantitative estimate of drug-likeness (QED) is 0.297. The third-order valence-corrected chi connectivity index (χ3v) is 11.1. The standard InChI is InChI=1S/C31H50O2/c1-8-23(20(2)3)10-9-21(4)27-13-14-28-26-12-11-24-19-25(33-22(5)32)15-17-30(24,6)29(26)16-18-31(27,28)7/h9-11,20-21,23,25-29H,8,12-19H2,1-7H3/b10-9+/t21-,23+,25+,26-,27-,28+,29+,30+,31-/m1/s1. The molecule has 2 nitrogen and oxygen atoms in total. The summed E-state index contributed by atoms with van der Waals surface area (Å²) in [4.78, 5) is 11.5. The zero-order valence-electron chi connectivity index (χ0n) is 22.5. The number of ether oxygens (including phenoxy) is 1. The number of rotatable bonds is 6. The summed E-state index contributed by atoms with van der Waals surface area (Å²) >= 11 is 0. The van der Waals surface area contributed by atoms with Crippen LogP contribution in [0.15, 0.2) is 23.8 Å². The van der Waals surface area contributed by atoms with Gasteiger partial charge in [-0.3, -0.25) is 4.79 Å². The van der Waals surface area contributed by atoms with Crippen LogP contribution in [0.1, 0.15) is 106 Å². The van der Waals surface area contributed by atoms with E-state index in [2.05, 4.69) is 59.8 Å². The van der Waals surface area contributed by atoms with Crippen molar-refractivity contribution in [2.45, 2.75) is 112 Å². The predicted octanol–water partition coefficient (Wildman–Crippen LogP) is 8.37. The van der Waals surface area contributed by atoms with E-state index >= 15 is 0 Å². The van der Waals surface area contributed by atoms with Crippen molar-refractivity contribution < 1.29 is 9.53 Å². The van der Waals surface area contributed by atoms with Crippen LogP contribution in [0.2, 0.25) is 0 Å². The molecule has 186 valence electrons. The first-order chi connectivity index (χ1) is 15.6. The van der Waals surface area contributed by atoms with E-state index in [1.54, 1.807) is 12.5 Å². The van der Waals surface area contributed by atoms with Crippen LogP contribution in [0.3, 0.4) is 0 Å². The highest BCUT2D eigenvalue weighted by Gasteiger charge is 2.59. The fourth-order valence-corrected chi connectivity index (χ4v) is 9.15. The molecule has 4 aliphatic carbocycles. The molecule has 3 fully saturated rings. The van der Waals surface area contributed by atoms with Gasteiger partial charge in [-0.2, -0.15) is 0 Å². The van der Waals surface area contributed by atoms with Gasteiger partial charge < -0.3 is 4.74 Å². The number of fused-ring (bicyclic) bond motifs is 5. The van der Waals surface area contributed by atoms with Gasteiger partial charge in [-0.15, -0.1) is 0 Å². The number of hydrogen-bond acceptors (Lipinski definition) is 2. The van der Waals surface area contributed by atoms with E-state index in [1.807, 2.05) is 0 Å². The lowest BCUT2D eigenvalue weighted by molar-refractivity contribution is -0.148. The van der Waals surface area contributed by atoms with Crippen molar-refractivity contribution in [2.24, 2.45) is 52.3 Å². The molecule has 0 spiro atoms. The molecule has 0 aromatic carbocycles. The van der Waals surface area contributed by atoms with Crippen molar-refractivity contribution >= 4 is 5.97 Å². The van der Waals surface area contributed by atoms with Crippen LogP contribution in [0.5, 0.6) is 0 Å². The van der Waals surface area contributed by atoms with Crippen LogP contribution in [0, 0.1) is 52.3 Å². The second-order valence-corrected chi connectivity index (χ2v) is 13.0. The molecule has 0 aromatic rings. The lowest BCUT2D eigenvalue weighted by Gasteiger charge is -2.58. The summed E-state index contributed by atoms with van der Waals surface area (Å²) in [5.74, 6) is 5.41. The molecule has 0 aromatic heterocycles. The first kappa shape index (κ1) is 25.1. The van der Waals surface area contributed by atoms with E-state index in [1.165, 1.54) is 44.9 Å². The van der Waals surface area contributed by atoms with Crippen molar-refractivity contribution in [3.8, 4) is 0 Å². The largest absolute Gasteiger partial charge is 0.462 e. The van der Waals surface area contributed by atoms with Crippen LogP contribution in [-0.2, 0) is 9.53 Å².